The van der Waals surface area contributed by atoms with Gasteiger partial charge in [0.25, 0.3) is 0 Å². The van der Waals surface area contributed by atoms with Crippen molar-refractivity contribution in [2.45, 2.75) is 50.9 Å². The van der Waals surface area contributed by atoms with Crippen LogP contribution in [0.5, 0.6) is 23.0 Å². The third-order valence-corrected chi connectivity index (χ3v) is 9.01. The van der Waals surface area contributed by atoms with Crippen molar-refractivity contribution < 1.29 is 24.9 Å². The molecule has 2 aliphatic heterocycles. The van der Waals surface area contributed by atoms with Crippen LogP contribution in [-0.4, -0.2) is 52.2 Å². The number of rotatable bonds is 7. The molecule has 1 unspecified atom stereocenters. The Hall–Kier alpha value is -3.51. The van der Waals surface area contributed by atoms with Crippen molar-refractivity contribution in [2.75, 3.05) is 26.2 Å². The molecule has 3 fully saturated rings. The third kappa shape index (κ3) is 5.62. The molecule has 39 heavy (non-hydrogen) atoms. The predicted molar refractivity (Wildman–Crippen MR) is 150 cm³/mol. The summed E-state index contributed by atoms with van der Waals surface area (Å²) in [5.74, 6) is 2.34. The van der Waals surface area contributed by atoms with Crippen LogP contribution in [0, 0.1) is 11.8 Å². The Morgan fingerprint density at radius 1 is 0.821 bits per heavy atom. The minimum absolute atomic E-state index is 0.00264. The number of nitrogens with zero attached hydrogens (tertiary/aromatic N) is 1. The molecule has 3 N–H and O–H groups in total. The third-order valence-electron chi connectivity index (χ3n) is 9.01. The van der Waals surface area contributed by atoms with Gasteiger partial charge in [0.2, 0.25) is 0 Å². The van der Waals surface area contributed by atoms with Gasteiger partial charge < -0.3 is 20.1 Å². The first-order valence-electron chi connectivity index (χ1n) is 14.3. The molecule has 7 rings (SSSR count). The van der Waals surface area contributed by atoms with Gasteiger partial charge in [-0.25, -0.2) is 0 Å². The molecular formula is C33H37NO5. The van der Waals surface area contributed by atoms with Crippen LogP contribution in [0.4, 0.5) is 0 Å². The van der Waals surface area contributed by atoms with Gasteiger partial charge in [0.15, 0.2) is 5.78 Å². The van der Waals surface area contributed by atoms with Crippen LogP contribution in [0.25, 0.3) is 0 Å². The van der Waals surface area contributed by atoms with Crippen molar-refractivity contribution in [3.63, 3.8) is 0 Å². The summed E-state index contributed by atoms with van der Waals surface area (Å²) in [7, 11) is 0. The number of ether oxygens (including phenoxy) is 1. The predicted octanol–water partition coefficient (Wildman–Crippen LogP) is 5.81. The van der Waals surface area contributed by atoms with Crippen LogP contribution < -0.4 is 4.74 Å². The fourth-order valence-corrected chi connectivity index (χ4v) is 6.89. The van der Waals surface area contributed by atoms with Gasteiger partial charge in [0.1, 0.15) is 29.6 Å². The van der Waals surface area contributed by atoms with E-state index >= 15 is 0 Å². The van der Waals surface area contributed by atoms with Gasteiger partial charge in [-0.05, 0) is 90.8 Å². The molecule has 1 atom stereocenters. The summed E-state index contributed by atoms with van der Waals surface area (Å²) in [6, 6.07) is 16.1. The van der Waals surface area contributed by atoms with E-state index < -0.39 is 0 Å². The summed E-state index contributed by atoms with van der Waals surface area (Å²) in [5, 5.41) is 31.0. The maximum Gasteiger partial charge on any atom is 0.167 e. The van der Waals surface area contributed by atoms with Crippen LogP contribution in [0.3, 0.4) is 0 Å². The van der Waals surface area contributed by atoms with Crippen molar-refractivity contribution in [3.8, 4) is 23.0 Å². The zero-order valence-corrected chi connectivity index (χ0v) is 22.3. The Kier molecular flexibility index (Phi) is 7.22. The second kappa shape index (κ2) is 10.9. The first-order chi connectivity index (χ1) is 18.9. The van der Waals surface area contributed by atoms with Crippen molar-refractivity contribution >= 4 is 5.78 Å². The maximum atomic E-state index is 13.1. The van der Waals surface area contributed by atoms with E-state index in [4.69, 9.17) is 4.74 Å². The van der Waals surface area contributed by atoms with Gasteiger partial charge in [0, 0.05) is 44.1 Å². The quantitative estimate of drug-likeness (QED) is 0.359. The topological polar surface area (TPSA) is 90.2 Å². The molecule has 0 radical (unpaired) electrons. The number of aromatic hydroxyl groups is 3. The van der Waals surface area contributed by atoms with Crippen molar-refractivity contribution in [3.05, 3.63) is 82.4 Å². The highest BCUT2D eigenvalue weighted by Gasteiger charge is 2.32. The van der Waals surface area contributed by atoms with Gasteiger partial charge in [-0.1, -0.05) is 24.3 Å². The standard InChI is InChI=1S/C33H37NO5/c35-26-9-7-24(8-10-26)25-16-29-28(30(36)18-32(38)33(29)31(37)17-25)15-21-5-11-27(12-6-21)39-14-13-34-19-22-1-2-23(20-34)4-3-22/h5-12,18,22-23,25,35-36,38H,1-4,13-17,19-20H2. The van der Waals surface area contributed by atoms with E-state index in [2.05, 4.69) is 4.90 Å². The minimum atomic E-state index is -0.165. The fourth-order valence-electron chi connectivity index (χ4n) is 6.89. The van der Waals surface area contributed by atoms with Gasteiger partial charge in [0.05, 0.1) is 5.56 Å². The molecule has 6 nitrogen and oxygen atoms in total. The van der Waals surface area contributed by atoms with Crippen LogP contribution in [0.15, 0.2) is 54.6 Å². The Bertz CT molecular complexity index is 1310. The van der Waals surface area contributed by atoms with E-state index in [1.165, 1.54) is 44.8 Å². The summed E-state index contributed by atoms with van der Waals surface area (Å²) in [6.45, 7) is 4.04. The molecule has 0 amide bonds. The SMILES string of the molecule is O=C1CC(c2ccc(O)cc2)Cc2c(Cc3ccc(OCCN4CC5CCC(CC5)C4)cc3)c(O)cc(O)c21. The molecule has 3 aromatic rings. The first kappa shape index (κ1) is 25.8. The number of Topliss-reactive ketones (excluding diaryl/α,β-unsaturated/α-hetero) is 1. The van der Waals surface area contributed by atoms with E-state index in [1.54, 1.807) is 12.1 Å². The number of phenolic OH excluding ortho intramolecular Hbond substituents is 3. The minimum Gasteiger partial charge on any atom is -0.508 e. The number of carbonyl (C=O) groups excluding carboxylic acids is 1. The van der Waals surface area contributed by atoms with Crippen LogP contribution in [0.2, 0.25) is 0 Å². The summed E-state index contributed by atoms with van der Waals surface area (Å²) in [4.78, 5) is 15.7. The summed E-state index contributed by atoms with van der Waals surface area (Å²) in [6.07, 6.45) is 6.79. The lowest BCUT2D eigenvalue weighted by atomic mass is 9.76. The van der Waals surface area contributed by atoms with E-state index in [-0.39, 0.29) is 35.4 Å². The van der Waals surface area contributed by atoms with Crippen LogP contribution in [0.1, 0.15) is 70.6 Å². The summed E-state index contributed by atoms with van der Waals surface area (Å²) in [5.41, 5.74) is 3.64. The maximum absolute atomic E-state index is 13.1. The van der Waals surface area contributed by atoms with E-state index in [9.17, 15) is 20.1 Å². The van der Waals surface area contributed by atoms with Gasteiger partial charge >= 0.3 is 0 Å². The number of carbonyl (C=O) groups is 1. The first-order valence-corrected chi connectivity index (χ1v) is 14.3. The highest BCUT2D eigenvalue weighted by atomic mass is 16.5. The zero-order valence-electron chi connectivity index (χ0n) is 22.3. The average Bonchev–Trinajstić information content (AvgIpc) is 3.25. The Balaban J connectivity index is 1.14. The molecular weight excluding hydrogens is 490 g/mol. The number of ketones is 1. The lowest BCUT2D eigenvalue weighted by molar-refractivity contribution is 0.0961. The van der Waals surface area contributed by atoms with Gasteiger partial charge in [-0.15, -0.1) is 0 Å². The smallest absolute Gasteiger partial charge is 0.167 e. The molecule has 204 valence electrons. The van der Waals surface area contributed by atoms with E-state index in [0.717, 1.165) is 35.3 Å². The summed E-state index contributed by atoms with van der Waals surface area (Å²) >= 11 is 0. The van der Waals surface area contributed by atoms with Crippen molar-refractivity contribution in [1.29, 1.82) is 0 Å². The van der Waals surface area contributed by atoms with Crippen LogP contribution in [-0.2, 0) is 12.8 Å². The number of phenols is 3. The molecule has 0 aromatic heterocycles. The van der Waals surface area contributed by atoms with Crippen molar-refractivity contribution in [2.24, 2.45) is 11.8 Å². The van der Waals surface area contributed by atoms with Crippen molar-refractivity contribution in [1.82, 2.24) is 4.90 Å². The molecule has 4 aliphatic rings. The van der Waals surface area contributed by atoms with E-state index in [1.807, 2.05) is 36.4 Å². The molecule has 6 heteroatoms. The molecule has 2 saturated heterocycles. The Morgan fingerprint density at radius 2 is 1.49 bits per heavy atom. The normalized spacial score (nSPS) is 22.9. The average molecular weight is 528 g/mol. The highest BCUT2D eigenvalue weighted by Crippen LogP contribution is 2.42. The Labute approximate surface area is 229 Å². The number of hydrogen-bond donors (Lipinski definition) is 3. The monoisotopic (exact) mass is 527 g/mol. The zero-order chi connectivity index (χ0) is 26.9. The lowest BCUT2D eigenvalue weighted by Gasteiger charge is -2.27. The van der Waals surface area contributed by atoms with E-state index in [0.29, 0.717) is 36.1 Å². The second-order valence-electron chi connectivity index (χ2n) is 11.7. The molecule has 0 spiro atoms. The number of fused-ring (bicyclic) bond motifs is 5. The molecule has 1 saturated carbocycles. The van der Waals surface area contributed by atoms with Gasteiger partial charge in [-0.3, -0.25) is 9.69 Å². The molecule has 2 bridgehead atoms. The summed E-state index contributed by atoms with van der Waals surface area (Å²) < 4.78 is 6.07. The number of hydrogen-bond acceptors (Lipinski definition) is 6. The largest absolute Gasteiger partial charge is 0.508 e. The molecule has 3 aromatic carbocycles. The Morgan fingerprint density at radius 3 is 2.15 bits per heavy atom. The second-order valence-corrected chi connectivity index (χ2v) is 11.7. The number of benzene rings is 3. The lowest BCUT2D eigenvalue weighted by Crippen LogP contribution is -2.32. The molecule has 2 heterocycles. The fraction of sp³-hybridized carbons (Fsp3) is 0.424. The van der Waals surface area contributed by atoms with Gasteiger partial charge in [-0.2, -0.15) is 0 Å². The highest BCUT2D eigenvalue weighted by molar-refractivity contribution is 6.02. The molecule has 2 aliphatic carbocycles. The van der Waals surface area contributed by atoms with Crippen LogP contribution >= 0.6 is 0 Å².